The van der Waals surface area contributed by atoms with E-state index < -0.39 is 23.5 Å². The molecule has 2 aromatic carbocycles. The number of benzene rings is 2. The molecule has 0 saturated heterocycles. The van der Waals surface area contributed by atoms with E-state index in [4.69, 9.17) is 23.2 Å². The number of rotatable bonds is 7. The van der Waals surface area contributed by atoms with Crippen molar-refractivity contribution < 1.29 is 18.8 Å². The quantitative estimate of drug-likeness (QED) is 0.635. The predicted molar refractivity (Wildman–Crippen MR) is 106 cm³/mol. The minimum Gasteiger partial charge on any atom is -0.351 e. The van der Waals surface area contributed by atoms with Crippen molar-refractivity contribution in [3.8, 4) is 0 Å². The maximum absolute atomic E-state index is 13.0. The number of carbonyl (C=O) groups excluding carboxylic acids is 3. The zero-order valence-electron chi connectivity index (χ0n) is 14.9. The Kier molecular flexibility index (Phi) is 7.78. The normalized spacial score (nSPS) is 10.3. The molecule has 0 unspecified atom stereocenters. The summed E-state index contributed by atoms with van der Waals surface area (Å²) in [6.45, 7) is 1.67. The highest BCUT2D eigenvalue weighted by Crippen LogP contribution is 2.22. The fourth-order valence-corrected chi connectivity index (χ4v) is 2.78. The Hall–Kier alpha value is -2.64. The lowest BCUT2D eigenvalue weighted by Gasteiger charge is -2.09. The van der Waals surface area contributed by atoms with Crippen LogP contribution in [-0.4, -0.2) is 30.8 Å². The third kappa shape index (κ3) is 6.51. The number of nitrogens with one attached hydrogen (secondary N) is 3. The Morgan fingerprint density at radius 1 is 0.964 bits per heavy atom. The van der Waals surface area contributed by atoms with E-state index in [0.29, 0.717) is 10.7 Å². The van der Waals surface area contributed by atoms with E-state index in [1.165, 1.54) is 6.07 Å². The highest BCUT2D eigenvalue weighted by atomic mass is 35.5. The fraction of sp³-hybridized carbons (Fsp3) is 0.211. The largest absolute Gasteiger partial charge is 0.351 e. The molecule has 3 amide bonds. The molecule has 0 fully saturated rings. The van der Waals surface area contributed by atoms with E-state index in [1.54, 1.807) is 18.2 Å². The van der Waals surface area contributed by atoms with Crippen molar-refractivity contribution in [2.75, 3.05) is 18.4 Å². The van der Waals surface area contributed by atoms with E-state index in [0.717, 1.165) is 17.7 Å². The number of anilines is 1. The second kappa shape index (κ2) is 10.1. The van der Waals surface area contributed by atoms with Crippen molar-refractivity contribution in [2.24, 2.45) is 0 Å². The second-order valence-electron chi connectivity index (χ2n) is 5.94. The molecule has 148 valence electrons. The zero-order chi connectivity index (χ0) is 20.7. The number of aryl methyl sites for hydroxylation is 1. The summed E-state index contributed by atoms with van der Waals surface area (Å²) in [5.41, 5.74) is 1.52. The molecule has 0 aliphatic rings. The lowest BCUT2D eigenvalue weighted by atomic mass is 10.2. The predicted octanol–water partition coefficient (Wildman–Crippen LogP) is 3.32. The molecule has 9 heteroatoms. The van der Waals surface area contributed by atoms with Crippen molar-refractivity contribution in [3.63, 3.8) is 0 Å². The molecule has 28 heavy (non-hydrogen) atoms. The van der Waals surface area contributed by atoms with E-state index in [9.17, 15) is 18.8 Å². The van der Waals surface area contributed by atoms with Crippen molar-refractivity contribution >= 4 is 46.6 Å². The molecule has 2 rings (SSSR count). The third-order valence-corrected chi connectivity index (χ3v) is 4.28. The molecule has 0 saturated carbocycles. The van der Waals surface area contributed by atoms with Crippen molar-refractivity contribution in [1.29, 1.82) is 0 Å². The summed E-state index contributed by atoms with van der Waals surface area (Å²) < 4.78 is 13.0. The lowest BCUT2D eigenvalue weighted by molar-refractivity contribution is -0.124. The Morgan fingerprint density at radius 2 is 1.71 bits per heavy atom. The van der Waals surface area contributed by atoms with Crippen molar-refractivity contribution in [1.82, 2.24) is 10.6 Å². The van der Waals surface area contributed by atoms with Gasteiger partial charge in [0.1, 0.15) is 5.82 Å². The fourth-order valence-electron chi connectivity index (χ4n) is 2.24. The van der Waals surface area contributed by atoms with Crippen LogP contribution in [0.15, 0.2) is 36.4 Å². The first kappa shape index (κ1) is 21.7. The van der Waals surface area contributed by atoms with E-state index in [2.05, 4.69) is 16.0 Å². The molecule has 0 aliphatic heterocycles. The van der Waals surface area contributed by atoms with E-state index in [-0.39, 0.29) is 30.1 Å². The van der Waals surface area contributed by atoms with Gasteiger partial charge in [-0.05, 0) is 42.8 Å². The molecule has 0 atom stereocenters. The van der Waals surface area contributed by atoms with Crippen LogP contribution in [-0.2, 0) is 9.59 Å². The first-order valence-corrected chi connectivity index (χ1v) is 9.08. The van der Waals surface area contributed by atoms with Crippen LogP contribution in [0, 0.1) is 12.7 Å². The molecule has 0 spiro atoms. The first-order chi connectivity index (χ1) is 13.3. The van der Waals surface area contributed by atoms with Gasteiger partial charge in [0.2, 0.25) is 11.8 Å². The van der Waals surface area contributed by atoms with E-state index in [1.807, 2.05) is 6.92 Å². The Balaban J connectivity index is 1.72. The summed E-state index contributed by atoms with van der Waals surface area (Å²) in [7, 11) is 0. The van der Waals surface area contributed by atoms with Crippen LogP contribution >= 0.6 is 23.2 Å². The molecule has 0 bridgehead atoms. The molecule has 0 aromatic heterocycles. The van der Waals surface area contributed by atoms with Crippen LogP contribution in [0.1, 0.15) is 22.3 Å². The summed E-state index contributed by atoms with van der Waals surface area (Å²) in [6.07, 6.45) is -0.0386. The van der Waals surface area contributed by atoms with E-state index >= 15 is 0 Å². The van der Waals surface area contributed by atoms with Gasteiger partial charge in [0.15, 0.2) is 0 Å². The molecular weight excluding hydrogens is 408 g/mol. The molecule has 0 aliphatic carbocycles. The Labute approximate surface area is 171 Å². The molecule has 3 N–H and O–H groups in total. The minimum absolute atomic E-state index is 0.0200. The minimum atomic E-state index is -0.550. The molecular formula is C19H18Cl2FN3O3. The van der Waals surface area contributed by atoms with Gasteiger partial charge in [0, 0.05) is 13.0 Å². The van der Waals surface area contributed by atoms with Gasteiger partial charge in [-0.3, -0.25) is 14.4 Å². The van der Waals surface area contributed by atoms with Crippen LogP contribution in [0.5, 0.6) is 0 Å². The van der Waals surface area contributed by atoms with Gasteiger partial charge in [-0.1, -0.05) is 29.3 Å². The summed E-state index contributed by atoms with van der Waals surface area (Å²) in [4.78, 5) is 35.6. The van der Waals surface area contributed by atoms with Crippen molar-refractivity contribution in [3.05, 3.63) is 63.4 Å². The number of halogens is 3. The average molecular weight is 426 g/mol. The van der Waals surface area contributed by atoms with Gasteiger partial charge in [0.05, 0.1) is 27.8 Å². The number of hydrogen-bond donors (Lipinski definition) is 3. The van der Waals surface area contributed by atoms with Crippen molar-refractivity contribution in [2.45, 2.75) is 13.3 Å². The average Bonchev–Trinajstić information content (AvgIpc) is 2.62. The molecule has 0 heterocycles. The van der Waals surface area contributed by atoms with Gasteiger partial charge >= 0.3 is 0 Å². The van der Waals surface area contributed by atoms with Crippen LogP contribution < -0.4 is 16.0 Å². The standard InChI is InChI=1S/C19H18Cl2FN3O3/c1-11-2-5-16(15(21)8-11)25-18(27)10-24-17(26)6-7-23-19(28)13-4-3-12(22)9-14(13)20/h2-5,8-9H,6-7,10H2,1H3,(H,23,28)(H,24,26)(H,25,27). The highest BCUT2D eigenvalue weighted by Gasteiger charge is 2.12. The maximum atomic E-state index is 13.0. The number of hydrogen-bond acceptors (Lipinski definition) is 3. The van der Waals surface area contributed by atoms with Gasteiger partial charge in [0.25, 0.3) is 5.91 Å². The number of amides is 3. The van der Waals surface area contributed by atoms with Crippen LogP contribution in [0.25, 0.3) is 0 Å². The van der Waals surface area contributed by atoms with Gasteiger partial charge in [-0.2, -0.15) is 0 Å². The topological polar surface area (TPSA) is 87.3 Å². The summed E-state index contributed by atoms with van der Waals surface area (Å²) >= 11 is 11.8. The Morgan fingerprint density at radius 3 is 2.39 bits per heavy atom. The van der Waals surface area contributed by atoms with Gasteiger partial charge in [-0.25, -0.2) is 4.39 Å². The van der Waals surface area contributed by atoms with Crippen LogP contribution in [0.2, 0.25) is 10.0 Å². The maximum Gasteiger partial charge on any atom is 0.252 e. The molecule has 2 aromatic rings. The monoisotopic (exact) mass is 425 g/mol. The smallest absolute Gasteiger partial charge is 0.252 e. The lowest BCUT2D eigenvalue weighted by Crippen LogP contribution is -2.35. The zero-order valence-corrected chi connectivity index (χ0v) is 16.5. The van der Waals surface area contributed by atoms with Crippen LogP contribution in [0.4, 0.5) is 10.1 Å². The third-order valence-electron chi connectivity index (χ3n) is 3.66. The summed E-state index contributed by atoms with van der Waals surface area (Å²) in [5, 5.41) is 7.93. The first-order valence-electron chi connectivity index (χ1n) is 8.32. The summed E-state index contributed by atoms with van der Waals surface area (Å²) in [5.74, 6) is -1.92. The molecule has 6 nitrogen and oxygen atoms in total. The highest BCUT2D eigenvalue weighted by molar-refractivity contribution is 6.34. The van der Waals surface area contributed by atoms with Gasteiger partial charge in [-0.15, -0.1) is 0 Å². The van der Waals surface area contributed by atoms with Gasteiger partial charge < -0.3 is 16.0 Å². The molecule has 0 radical (unpaired) electrons. The second-order valence-corrected chi connectivity index (χ2v) is 6.75. The summed E-state index contributed by atoms with van der Waals surface area (Å²) in [6, 6.07) is 8.59. The SMILES string of the molecule is Cc1ccc(NC(=O)CNC(=O)CCNC(=O)c2ccc(F)cc2Cl)c(Cl)c1. The number of carbonyl (C=O) groups is 3. The van der Waals surface area contributed by atoms with Crippen LogP contribution in [0.3, 0.4) is 0 Å². The Bertz CT molecular complexity index is 906.